The summed E-state index contributed by atoms with van der Waals surface area (Å²) in [5, 5.41) is 12.6. The highest BCUT2D eigenvalue weighted by molar-refractivity contribution is 5.95. The number of ether oxygens (including phenoxy) is 1. The van der Waals surface area contributed by atoms with Crippen molar-refractivity contribution in [2.24, 2.45) is 0 Å². The van der Waals surface area contributed by atoms with Gasteiger partial charge in [-0.3, -0.25) is 9.59 Å². The predicted octanol–water partition coefficient (Wildman–Crippen LogP) is 3.70. The van der Waals surface area contributed by atoms with Gasteiger partial charge in [-0.1, -0.05) is 6.07 Å². The number of halogens is 1. The Labute approximate surface area is 154 Å². The lowest BCUT2D eigenvalue weighted by Crippen LogP contribution is -2.30. The standard InChI is InChI=1S/C20H18FNO5/c1-11-3-4-14(8-17(11)21)22-20(25)12(2)27-19(24)7-13-10-26-18-9-15(23)5-6-16(13)18/h3-6,8-10,12,23H,7H2,1-2H3,(H,22,25)/t12-/m1/s1. The monoisotopic (exact) mass is 371 g/mol. The first-order chi connectivity index (χ1) is 12.8. The van der Waals surface area contributed by atoms with E-state index in [0.29, 0.717) is 22.1 Å². The number of nitrogens with one attached hydrogen (secondary N) is 1. The Hall–Kier alpha value is -3.35. The average molecular weight is 371 g/mol. The Morgan fingerprint density at radius 1 is 1.26 bits per heavy atom. The fourth-order valence-electron chi connectivity index (χ4n) is 2.57. The maximum Gasteiger partial charge on any atom is 0.311 e. The molecule has 0 radical (unpaired) electrons. The largest absolute Gasteiger partial charge is 0.508 e. The number of benzene rings is 2. The second-order valence-corrected chi connectivity index (χ2v) is 6.20. The number of anilines is 1. The molecule has 1 heterocycles. The van der Waals surface area contributed by atoms with E-state index in [9.17, 15) is 19.1 Å². The van der Waals surface area contributed by atoms with E-state index >= 15 is 0 Å². The molecule has 6 nitrogen and oxygen atoms in total. The number of phenolic OH excluding ortho intramolecular Hbond substituents is 1. The van der Waals surface area contributed by atoms with Crippen LogP contribution in [0.5, 0.6) is 5.75 Å². The van der Waals surface area contributed by atoms with Gasteiger partial charge in [0.25, 0.3) is 5.91 Å². The number of carbonyl (C=O) groups excluding carboxylic acids is 2. The van der Waals surface area contributed by atoms with Crippen LogP contribution in [-0.2, 0) is 20.7 Å². The van der Waals surface area contributed by atoms with Gasteiger partial charge in [0.05, 0.1) is 12.7 Å². The van der Waals surface area contributed by atoms with Gasteiger partial charge < -0.3 is 19.6 Å². The van der Waals surface area contributed by atoms with Crippen molar-refractivity contribution < 1.29 is 28.2 Å². The van der Waals surface area contributed by atoms with E-state index in [1.165, 1.54) is 31.4 Å². The molecule has 0 aliphatic heterocycles. The van der Waals surface area contributed by atoms with Crippen molar-refractivity contribution in [1.82, 2.24) is 0 Å². The zero-order valence-corrected chi connectivity index (χ0v) is 14.8. The van der Waals surface area contributed by atoms with Crippen LogP contribution in [0.15, 0.2) is 47.1 Å². The molecule has 0 saturated carbocycles. The number of aromatic hydroxyl groups is 1. The molecular weight excluding hydrogens is 353 g/mol. The number of fused-ring (bicyclic) bond motifs is 1. The van der Waals surface area contributed by atoms with Gasteiger partial charge in [-0.05, 0) is 43.7 Å². The van der Waals surface area contributed by atoms with Gasteiger partial charge in [-0.2, -0.15) is 0 Å². The number of amides is 1. The molecule has 0 fully saturated rings. The summed E-state index contributed by atoms with van der Waals surface area (Å²) in [5.41, 5.74) is 1.79. The molecule has 0 unspecified atom stereocenters. The van der Waals surface area contributed by atoms with E-state index in [0.717, 1.165) is 0 Å². The third-order valence-corrected chi connectivity index (χ3v) is 4.09. The normalized spacial score (nSPS) is 12.0. The molecule has 27 heavy (non-hydrogen) atoms. The van der Waals surface area contributed by atoms with Crippen LogP contribution in [0.3, 0.4) is 0 Å². The molecule has 3 rings (SSSR count). The second kappa shape index (κ2) is 7.49. The van der Waals surface area contributed by atoms with Gasteiger partial charge in [0, 0.05) is 22.7 Å². The summed E-state index contributed by atoms with van der Waals surface area (Å²) >= 11 is 0. The third kappa shape index (κ3) is 4.25. The van der Waals surface area contributed by atoms with Crippen molar-refractivity contribution >= 4 is 28.5 Å². The van der Waals surface area contributed by atoms with E-state index < -0.39 is 23.8 Å². The first kappa shape index (κ1) is 18.4. The molecule has 0 saturated heterocycles. The van der Waals surface area contributed by atoms with Crippen LogP contribution in [0.1, 0.15) is 18.1 Å². The number of rotatable bonds is 5. The van der Waals surface area contributed by atoms with E-state index in [-0.39, 0.29) is 17.9 Å². The molecule has 0 spiro atoms. The Morgan fingerprint density at radius 3 is 2.78 bits per heavy atom. The Balaban J connectivity index is 1.60. The third-order valence-electron chi connectivity index (χ3n) is 4.09. The van der Waals surface area contributed by atoms with Gasteiger partial charge in [0.2, 0.25) is 0 Å². The Kier molecular flexibility index (Phi) is 5.12. The summed E-state index contributed by atoms with van der Waals surface area (Å²) in [4.78, 5) is 24.3. The van der Waals surface area contributed by atoms with Crippen LogP contribution < -0.4 is 5.32 Å². The number of hydrogen-bond acceptors (Lipinski definition) is 5. The molecule has 3 aromatic rings. The molecule has 2 aromatic carbocycles. The van der Waals surface area contributed by atoms with Crippen LogP contribution in [0, 0.1) is 12.7 Å². The Bertz CT molecular complexity index is 1010. The number of aryl methyl sites for hydroxylation is 1. The smallest absolute Gasteiger partial charge is 0.311 e. The zero-order valence-electron chi connectivity index (χ0n) is 14.8. The lowest BCUT2D eigenvalue weighted by Gasteiger charge is -2.13. The van der Waals surface area contributed by atoms with Gasteiger partial charge in [0.15, 0.2) is 6.10 Å². The lowest BCUT2D eigenvalue weighted by atomic mass is 10.1. The highest BCUT2D eigenvalue weighted by Gasteiger charge is 2.20. The minimum atomic E-state index is -1.05. The van der Waals surface area contributed by atoms with Gasteiger partial charge >= 0.3 is 5.97 Å². The zero-order chi connectivity index (χ0) is 19.6. The molecule has 7 heteroatoms. The molecule has 0 aliphatic carbocycles. The van der Waals surface area contributed by atoms with Gasteiger partial charge in [0.1, 0.15) is 17.1 Å². The number of hydrogen-bond donors (Lipinski definition) is 2. The quantitative estimate of drug-likeness (QED) is 0.668. The summed E-state index contributed by atoms with van der Waals surface area (Å²) in [6, 6.07) is 8.89. The van der Waals surface area contributed by atoms with Crippen LogP contribution in [0.4, 0.5) is 10.1 Å². The van der Waals surface area contributed by atoms with Crippen molar-refractivity contribution in [2.45, 2.75) is 26.4 Å². The van der Waals surface area contributed by atoms with Crippen molar-refractivity contribution in [3.05, 3.63) is 59.6 Å². The molecule has 2 N–H and O–H groups in total. The average Bonchev–Trinajstić information content (AvgIpc) is 2.99. The molecule has 0 bridgehead atoms. The first-order valence-electron chi connectivity index (χ1n) is 8.29. The van der Waals surface area contributed by atoms with E-state index in [2.05, 4.69) is 5.32 Å². The van der Waals surface area contributed by atoms with E-state index in [4.69, 9.17) is 9.15 Å². The first-order valence-corrected chi connectivity index (χ1v) is 8.29. The predicted molar refractivity (Wildman–Crippen MR) is 96.9 cm³/mol. The van der Waals surface area contributed by atoms with Crippen LogP contribution in [0.2, 0.25) is 0 Å². The van der Waals surface area contributed by atoms with E-state index in [1.54, 1.807) is 25.1 Å². The topological polar surface area (TPSA) is 88.8 Å². The second-order valence-electron chi connectivity index (χ2n) is 6.20. The SMILES string of the molecule is Cc1ccc(NC(=O)[C@@H](C)OC(=O)Cc2coc3cc(O)ccc23)cc1F. The lowest BCUT2D eigenvalue weighted by molar-refractivity contribution is -0.152. The Morgan fingerprint density at radius 2 is 2.04 bits per heavy atom. The van der Waals surface area contributed by atoms with Crippen molar-refractivity contribution in [3.63, 3.8) is 0 Å². The maximum atomic E-state index is 13.5. The van der Waals surface area contributed by atoms with Crippen LogP contribution in [0.25, 0.3) is 11.0 Å². The highest BCUT2D eigenvalue weighted by atomic mass is 19.1. The van der Waals surface area contributed by atoms with Crippen LogP contribution in [-0.4, -0.2) is 23.1 Å². The van der Waals surface area contributed by atoms with Gasteiger partial charge in [-0.25, -0.2) is 4.39 Å². The summed E-state index contributed by atoms with van der Waals surface area (Å²) in [6.45, 7) is 3.05. The summed E-state index contributed by atoms with van der Waals surface area (Å²) in [7, 11) is 0. The fraction of sp³-hybridized carbons (Fsp3) is 0.200. The molecule has 140 valence electrons. The number of esters is 1. The number of phenols is 1. The number of carbonyl (C=O) groups is 2. The minimum Gasteiger partial charge on any atom is -0.508 e. The molecular formula is C20H18FNO5. The van der Waals surface area contributed by atoms with Crippen molar-refractivity contribution in [3.8, 4) is 5.75 Å². The number of furan rings is 1. The highest BCUT2D eigenvalue weighted by Crippen LogP contribution is 2.25. The van der Waals surface area contributed by atoms with Gasteiger partial charge in [-0.15, -0.1) is 0 Å². The maximum absolute atomic E-state index is 13.5. The van der Waals surface area contributed by atoms with E-state index in [1.807, 2.05) is 0 Å². The fourth-order valence-corrected chi connectivity index (χ4v) is 2.57. The minimum absolute atomic E-state index is 0.0591. The van der Waals surface area contributed by atoms with Crippen LogP contribution >= 0.6 is 0 Å². The molecule has 0 aliphatic rings. The van der Waals surface area contributed by atoms with Crippen molar-refractivity contribution in [1.29, 1.82) is 0 Å². The molecule has 1 atom stereocenters. The molecule has 1 amide bonds. The summed E-state index contributed by atoms with van der Waals surface area (Å²) in [6.07, 6.45) is 0.267. The summed E-state index contributed by atoms with van der Waals surface area (Å²) in [5.74, 6) is -1.55. The molecule has 1 aromatic heterocycles. The summed E-state index contributed by atoms with van der Waals surface area (Å²) < 4.78 is 24.0. The van der Waals surface area contributed by atoms with Crippen molar-refractivity contribution in [2.75, 3.05) is 5.32 Å².